The lowest BCUT2D eigenvalue weighted by Gasteiger charge is -2.17. The molecule has 1 amide bonds. The highest BCUT2D eigenvalue weighted by molar-refractivity contribution is 5.92. The van der Waals surface area contributed by atoms with Crippen molar-refractivity contribution >= 4 is 11.6 Å². The number of aromatic nitrogens is 2. The average Bonchev–Trinajstić information content (AvgIpc) is 2.86. The van der Waals surface area contributed by atoms with Crippen molar-refractivity contribution in [3.63, 3.8) is 0 Å². The number of anilines is 1. The molecule has 21 heavy (non-hydrogen) atoms. The molecule has 0 aliphatic carbocycles. The van der Waals surface area contributed by atoms with Gasteiger partial charge in [-0.3, -0.25) is 4.79 Å². The highest BCUT2D eigenvalue weighted by Crippen LogP contribution is 2.17. The topological polar surface area (TPSA) is 64.2 Å². The number of carbonyl (C=O) groups is 1. The number of benzene rings is 1. The maximum atomic E-state index is 12.3. The number of nitrogens with zero attached hydrogens (tertiary/aromatic N) is 3. The molecule has 0 spiro atoms. The quantitative estimate of drug-likeness (QED) is 0.882. The Labute approximate surface area is 118 Å². The number of carbonyl (C=O) groups excluding carboxylic acids is 1. The summed E-state index contributed by atoms with van der Waals surface area (Å²) in [5, 5.41) is 3.98. The Morgan fingerprint density at radius 2 is 1.90 bits per heavy atom. The van der Waals surface area contributed by atoms with Crippen LogP contribution in [0.25, 0.3) is 5.69 Å². The van der Waals surface area contributed by atoms with Gasteiger partial charge in [0.05, 0.1) is 5.69 Å². The molecule has 1 heterocycles. The van der Waals surface area contributed by atoms with Crippen molar-refractivity contribution in [2.24, 2.45) is 0 Å². The summed E-state index contributed by atoms with van der Waals surface area (Å²) in [6, 6.07) is 8.07. The molecule has 2 rings (SSSR count). The summed E-state index contributed by atoms with van der Waals surface area (Å²) in [6.45, 7) is -1.32. The van der Waals surface area contributed by atoms with Gasteiger partial charge in [0.1, 0.15) is 6.54 Å². The fourth-order valence-electron chi connectivity index (χ4n) is 1.75. The van der Waals surface area contributed by atoms with E-state index >= 15 is 0 Å². The van der Waals surface area contributed by atoms with Crippen molar-refractivity contribution in [3.8, 4) is 5.69 Å². The molecule has 0 saturated carbocycles. The predicted molar refractivity (Wildman–Crippen MR) is 71.0 cm³/mol. The maximum Gasteiger partial charge on any atom is 0.406 e. The minimum atomic E-state index is -4.44. The largest absolute Gasteiger partial charge is 0.406 e. The molecule has 112 valence electrons. The molecule has 0 aliphatic rings. The Hall–Kier alpha value is -2.51. The van der Waals surface area contributed by atoms with Crippen molar-refractivity contribution < 1.29 is 18.0 Å². The third-order valence-electron chi connectivity index (χ3n) is 2.73. The highest BCUT2D eigenvalue weighted by atomic mass is 19.4. The molecule has 8 heteroatoms. The van der Waals surface area contributed by atoms with Gasteiger partial charge in [-0.25, -0.2) is 4.68 Å². The van der Waals surface area contributed by atoms with Gasteiger partial charge in [0, 0.05) is 18.9 Å². The van der Waals surface area contributed by atoms with Crippen LogP contribution in [0, 0.1) is 0 Å². The molecule has 2 N–H and O–H groups in total. The SMILES string of the molecule is CN(CC(F)(F)F)C(=O)c1ccn(-c2ccc(N)cc2)n1. The Morgan fingerprint density at radius 1 is 1.29 bits per heavy atom. The molecular weight excluding hydrogens is 285 g/mol. The van der Waals surface area contributed by atoms with Crippen molar-refractivity contribution in [1.29, 1.82) is 0 Å². The van der Waals surface area contributed by atoms with E-state index < -0.39 is 18.6 Å². The summed E-state index contributed by atoms with van der Waals surface area (Å²) in [7, 11) is 1.08. The molecule has 0 fully saturated rings. The highest BCUT2D eigenvalue weighted by Gasteiger charge is 2.32. The minimum Gasteiger partial charge on any atom is -0.399 e. The molecule has 0 aliphatic heterocycles. The Morgan fingerprint density at radius 3 is 2.48 bits per heavy atom. The lowest BCUT2D eigenvalue weighted by Crippen LogP contribution is -2.36. The van der Waals surface area contributed by atoms with E-state index in [0.29, 0.717) is 16.3 Å². The average molecular weight is 298 g/mol. The van der Waals surface area contributed by atoms with Crippen LogP contribution >= 0.6 is 0 Å². The van der Waals surface area contributed by atoms with Gasteiger partial charge in [-0.15, -0.1) is 0 Å². The smallest absolute Gasteiger partial charge is 0.399 e. The number of hydrogen-bond acceptors (Lipinski definition) is 3. The summed E-state index contributed by atoms with van der Waals surface area (Å²) in [5.74, 6) is -0.790. The van der Waals surface area contributed by atoms with Crippen LogP contribution in [0.15, 0.2) is 36.5 Å². The van der Waals surface area contributed by atoms with Crippen molar-refractivity contribution in [2.45, 2.75) is 6.18 Å². The molecule has 0 saturated heterocycles. The lowest BCUT2D eigenvalue weighted by atomic mass is 10.3. The van der Waals surface area contributed by atoms with Gasteiger partial charge < -0.3 is 10.6 Å². The molecule has 0 bridgehead atoms. The Kier molecular flexibility index (Phi) is 3.88. The van der Waals surface area contributed by atoms with Crippen LogP contribution in [-0.4, -0.2) is 40.4 Å². The second kappa shape index (κ2) is 5.47. The molecule has 5 nitrogen and oxygen atoms in total. The molecule has 0 radical (unpaired) electrons. The Balaban J connectivity index is 2.16. The second-order valence-corrected chi connectivity index (χ2v) is 4.51. The van der Waals surface area contributed by atoms with Gasteiger partial charge >= 0.3 is 6.18 Å². The van der Waals surface area contributed by atoms with Gasteiger partial charge in [-0.05, 0) is 30.3 Å². The number of nitrogens with two attached hydrogens (primary N) is 1. The number of hydrogen-bond donors (Lipinski definition) is 1. The first kappa shape index (κ1) is 14.9. The zero-order valence-electron chi connectivity index (χ0n) is 11.1. The molecule has 1 aromatic heterocycles. The monoisotopic (exact) mass is 298 g/mol. The lowest BCUT2D eigenvalue weighted by molar-refractivity contribution is -0.138. The molecule has 0 atom stereocenters. The summed E-state index contributed by atoms with van der Waals surface area (Å²) in [5.41, 5.74) is 6.73. The van der Waals surface area contributed by atoms with E-state index in [2.05, 4.69) is 5.10 Å². The molecule has 0 unspecified atom stereocenters. The van der Waals surface area contributed by atoms with Crippen LogP contribution in [-0.2, 0) is 0 Å². The molecular formula is C13H13F3N4O. The number of halogens is 3. The minimum absolute atomic E-state index is 0.0569. The van der Waals surface area contributed by atoms with E-state index in [1.54, 1.807) is 24.3 Å². The predicted octanol–water partition coefficient (Wildman–Crippen LogP) is 2.09. The van der Waals surface area contributed by atoms with E-state index in [-0.39, 0.29) is 5.69 Å². The first-order valence-electron chi connectivity index (χ1n) is 6.00. The van der Waals surface area contributed by atoms with Crippen LogP contribution < -0.4 is 5.73 Å². The number of rotatable bonds is 3. The fraction of sp³-hybridized carbons (Fsp3) is 0.231. The first-order valence-corrected chi connectivity index (χ1v) is 6.00. The third kappa shape index (κ3) is 3.74. The van der Waals surface area contributed by atoms with Crippen molar-refractivity contribution in [2.75, 3.05) is 19.3 Å². The van der Waals surface area contributed by atoms with E-state index in [1.165, 1.54) is 16.9 Å². The summed E-state index contributed by atoms with van der Waals surface area (Å²) in [6.07, 6.45) is -2.94. The third-order valence-corrected chi connectivity index (χ3v) is 2.73. The Bertz CT molecular complexity index is 634. The van der Waals surface area contributed by atoms with E-state index in [9.17, 15) is 18.0 Å². The van der Waals surface area contributed by atoms with Crippen LogP contribution in [0.4, 0.5) is 18.9 Å². The van der Waals surface area contributed by atoms with E-state index in [0.717, 1.165) is 7.05 Å². The maximum absolute atomic E-state index is 12.3. The van der Waals surface area contributed by atoms with Gasteiger partial charge in [-0.2, -0.15) is 18.3 Å². The van der Waals surface area contributed by atoms with Crippen molar-refractivity contribution in [1.82, 2.24) is 14.7 Å². The fourth-order valence-corrected chi connectivity index (χ4v) is 1.75. The molecule has 1 aromatic carbocycles. The van der Waals surface area contributed by atoms with Gasteiger partial charge in [0.25, 0.3) is 5.91 Å². The molecule has 2 aromatic rings. The van der Waals surface area contributed by atoms with Crippen LogP contribution in [0.2, 0.25) is 0 Å². The van der Waals surface area contributed by atoms with E-state index in [1.807, 2.05) is 0 Å². The summed E-state index contributed by atoms with van der Waals surface area (Å²) >= 11 is 0. The van der Waals surface area contributed by atoms with Crippen LogP contribution in [0.3, 0.4) is 0 Å². The summed E-state index contributed by atoms with van der Waals surface area (Å²) < 4.78 is 38.2. The number of alkyl halides is 3. The first-order chi connectivity index (χ1) is 9.76. The standard InChI is InChI=1S/C13H13F3N4O/c1-19(8-13(14,15)16)12(21)11-6-7-20(18-11)10-4-2-9(17)3-5-10/h2-7H,8,17H2,1H3. The summed E-state index contributed by atoms with van der Waals surface area (Å²) in [4.78, 5) is 12.4. The van der Waals surface area contributed by atoms with Gasteiger partial charge in [0.2, 0.25) is 0 Å². The normalized spacial score (nSPS) is 11.4. The zero-order valence-corrected chi connectivity index (χ0v) is 11.1. The number of amides is 1. The van der Waals surface area contributed by atoms with Crippen LogP contribution in [0.1, 0.15) is 10.5 Å². The zero-order chi connectivity index (χ0) is 15.6. The van der Waals surface area contributed by atoms with Crippen molar-refractivity contribution in [3.05, 3.63) is 42.2 Å². The van der Waals surface area contributed by atoms with Crippen LogP contribution in [0.5, 0.6) is 0 Å². The second-order valence-electron chi connectivity index (χ2n) is 4.51. The number of nitrogen functional groups attached to an aromatic ring is 1. The van der Waals surface area contributed by atoms with E-state index in [4.69, 9.17) is 5.73 Å². The van der Waals surface area contributed by atoms with Gasteiger partial charge in [0.15, 0.2) is 5.69 Å². The van der Waals surface area contributed by atoms with Gasteiger partial charge in [-0.1, -0.05) is 0 Å².